The number of hydrazine groups is 1. The van der Waals surface area contributed by atoms with Crippen molar-refractivity contribution in [3.8, 4) is 5.75 Å². The van der Waals surface area contributed by atoms with Gasteiger partial charge in [0.05, 0.1) is 18.4 Å². The lowest BCUT2D eigenvalue weighted by molar-refractivity contribution is 0.0697. The Kier molecular flexibility index (Phi) is 2.88. The summed E-state index contributed by atoms with van der Waals surface area (Å²) in [6.45, 7) is 0. The Labute approximate surface area is 79.3 Å². The number of nitrogens with two attached hydrogens (primary N) is 1. The predicted molar refractivity (Wildman–Crippen MR) is 47.7 cm³/mol. The van der Waals surface area contributed by atoms with E-state index in [-0.39, 0.29) is 17.0 Å². The Bertz CT molecular complexity index is 368. The molecule has 0 heterocycles. The minimum Gasteiger partial charge on any atom is -0.494 e. The van der Waals surface area contributed by atoms with E-state index in [4.69, 9.17) is 10.9 Å². The van der Waals surface area contributed by atoms with Gasteiger partial charge in [-0.15, -0.1) is 0 Å². The lowest BCUT2D eigenvalue weighted by Gasteiger charge is -2.08. The van der Waals surface area contributed by atoms with Crippen LogP contribution in [0.3, 0.4) is 0 Å². The highest BCUT2D eigenvalue weighted by molar-refractivity contribution is 5.94. The fraction of sp³-hybridized carbons (Fsp3) is 0.125. The fourth-order valence-corrected chi connectivity index (χ4v) is 1.01. The molecule has 0 unspecified atom stereocenters. The maximum Gasteiger partial charge on any atom is 0.337 e. The number of hydrogen-bond donors (Lipinski definition) is 3. The average Bonchev–Trinajstić information content (AvgIpc) is 2.16. The molecule has 1 aromatic carbocycles. The molecule has 6 heteroatoms. The molecule has 1 rings (SSSR count). The predicted octanol–water partition coefficient (Wildman–Crippen LogP) is 0.818. The van der Waals surface area contributed by atoms with Crippen molar-refractivity contribution in [2.45, 2.75) is 0 Å². The highest BCUT2D eigenvalue weighted by Crippen LogP contribution is 2.25. The van der Waals surface area contributed by atoms with Crippen molar-refractivity contribution in [1.29, 1.82) is 0 Å². The van der Waals surface area contributed by atoms with Crippen LogP contribution in [-0.4, -0.2) is 18.2 Å². The number of halogens is 1. The molecule has 1 aromatic rings. The Morgan fingerprint density at radius 2 is 2.29 bits per heavy atom. The second-order valence-corrected chi connectivity index (χ2v) is 2.48. The number of methoxy groups -OCH3 is 1. The number of nitrogen functional groups attached to an aromatic ring is 1. The lowest BCUT2D eigenvalue weighted by atomic mass is 10.1. The van der Waals surface area contributed by atoms with Gasteiger partial charge in [0.15, 0.2) is 11.6 Å². The smallest absolute Gasteiger partial charge is 0.337 e. The number of anilines is 1. The van der Waals surface area contributed by atoms with Crippen molar-refractivity contribution in [2.24, 2.45) is 5.84 Å². The van der Waals surface area contributed by atoms with Crippen molar-refractivity contribution in [3.63, 3.8) is 0 Å². The van der Waals surface area contributed by atoms with E-state index in [0.717, 1.165) is 12.1 Å². The first kappa shape index (κ1) is 10.3. The van der Waals surface area contributed by atoms with E-state index in [9.17, 15) is 9.18 Å². The molecule has 0 atom stereocenters. The van der Waals surface area contributed by atoms with Gasteiger partial charge in [0.1, 0.15) is 0 Å². The Balaban J connectivity index is 3.32. The van der Waals surface area contributed by atoms with Gasteiger partial charge in [-0.3, -0.25) is 5.84 Å². The number of hydrogen-bond acceptors (Lipinski definition) is 4. The third-order valence-corrected chi connectivity index (χ3v) is 1.68. The van der Waals surface area contributed by atoms with Gasteiger partial charge in [0.25, 0.3) is 0 Å². The maximum atomic E-state index is 13.1. The van der Waals surface area contributed by atoms with Crippen LogP contribution in [0.1, 0.15) is 10.4 Å². The number of carboxylic acid groups (broad SMARTS) is 1. The van der Waals surface area contributed by atoms with Gasteiger partial charge in [0, 0.05) is 6.07 Å². The van der Waals surface area contributed by atoms with E-state index < -0.39 is 11.8 Å². The molecule has 0 spiro atoms. The number of aromatic carboxylic acids is 1. The van der Waals surface area contributed by atoms with Gasteiger partial charge in [-0.05, 0) is 6.07 Å². The van der Waals surface area contributed by atoms with E-state index >= 15 is 0 Å². The van der Waals surface area contributed by atoms with E-state index in [1.54, 1.807) is 0 Å². The Hall–Kier alpha value is -1.82. The van der Waals surface area contributed by atoms with Crippen molar-refractivity contribution in [1.82, 2.24) is 0 Å². The SMILES string of the molecule is COc1cc(C(=O)O)c(NN)cc1F. The molecule has 0 aromatic heterocycles. The fourth-order valence-electron chi connectivity index (χ4n) is 1.01. The Morgan fingerprint density at radius 1 is 1.64 bits per heavy atom. The van der Waals surface area contributed by atoms with Gasteiger partial charge in [-0.25, -0.2) is 9.18 Å². The summed E-state index contributed by atoms with van der Waals surface area (Å²) in [5.41, 5.74) is 1.94. The average molecular weight is 200 g/mol. The summed E-state index contributed by atoms with van der Waals surface area (Å²) in [6, 6.07) is 2.02. The molecule has 0 aliphatic carbocycles. The van der Waals surface area contributed by atoms with Gasteiger partial charge in [-0.1, -0.05) is 0 Å². The molecule has 0 aliphatic rings. The topological polar surface area (TPSA) is 84.6 Å². The molecular weight excluding hydrogens is 191 g/mol. The zero-order valence-corrected chi connectivity index (χ0v) is 7.37. The number of carbonyl (C=O) groups is 1. The monoisotopic (exact) mass is 200 g/mol. The van der Waals surface area contributed by atoms with Crippen molar-refractivity contribution < 1.29 is 19.0 Å². The number of ether oxygens (including phenoxy) is 1. The maximum absolute atomic E-state index is 13.1. The van der Waals surface area contributed by atoms with Crippen LogP contribution in [0, 0.1) is 5.82 Å². The van der Waals surface area contributed by atoms with Crippen LogP contribution in [0.25, 0.3) is 0 Å². The summed E-state index contributed by atoms with van der Waals surface area (Å²) in [5, 5.41) is 8.73. The first-order valence-corrected chi connectivity index (χ1v) is 3.67. The summed E-state index contributed by atoms with van der Waals surface area (Å²) in [4.78, 5) is 10.7. The first-order chi connectivity index (χ1) is 6.60. The quantitative estimate of drug-likeness (QED) is 0.496. The van der Waals surface area contributed by atoms with Crippen LogP contribution in [0.4, 0.5) is 10.1 Å². The summed E-state index contributed by atoms with van der Waals surface area (Å²) in [6.07, 6.45) is 0. The van der Waals surface area contributed by atoms with Gasteiger partial charge < -0.3 is 15.3 Å². The van der Waals surface area contributed by atoms with Crippen LogP contribution >= 0.6 is 0 Å². The third kappa shape index (κ3) is 1.74. The molecular formula is C8H9FN2O3. The van der Waals surface area contributed by atoms with Crippen molar-refractivity contribution >= 4 is 11.7 Å². The van der Waals surface area contributed by atoms with Crippen LogP contribution < -0.4 is 16.0 Å². The van der Waals surface area contributed by atoms with E-state index in [2.05, 4.69) is 10.2 Å². The molecule has 0 fully saturated rings. The number of rotatable bonds is 3. The van der Waals surface area contributed by atoms with Crippen molar-refractivity contribution in [3.05, 3.63) is 23.5 Å². The molecule has 0 amide bonds. The second-order valence-electron chi connectivity index (χ2n) is 2.48. The highest BCUT2D eigenvalue weighted by Gasteiger charge is 2.14. The first-order valence-electron chi connectivity index (χ1n) is 3.67. The number of benzene rings is 1. The number of nitrogens with one attached hydrogen (secondary N) is 1. The molecule has 0 aliphatic heterocycles. The minimum atomic E-state index is -1.21. The summed E-state index contributed by atoms with van der Waals surface area (Å²) >= 11 is 0. The standard InChI is InChI=1S/C8H9FN2O3/c1-14-7-2-4(8(12)13)6(11-10)3-5(7)9/h2-3,11H,10H2,1H3,(H,12,13). The minimum absolute atomic E-state index is 0.00389. The largest absolute Gasteiger partial charge is 0.494 e. The lowest BCUT2D eigenvalue weighted by Crippen LogP contribution is -2.12. The zero-order chi connectivity index (χ0) is 10.7. The molecule has 5 nitrogen and oxygen atoms in total. The summed E-state index contributed by atoms with van der Waals surface area (Å²) < 4.78 is 17.7. The van der Waals surface area contributed by atoms with Crippen molar-refractivity contribution in [2.75, 3.05) is 12.5 Å². The van der Waals surface area contributed by atoms with Gasteiger partial charge in [-0.2, -0.15) is 0 Å². The summed E-state index contributed by atoms with van der Waals surface area (Å²) in [5.74, 6) is 3.00. The van der Waals surface area contributed by atoms with Gasteiger partial charge >= 0.3 is 5.97 Å². The van der Waals surface area contributed by atoms with Crippen LogP contribution in [0.2, 0.25) is 0 Å². The van der Waals surface area contributed by atoms with Crippen LogP contribution in [0.15, 0.2) is 12.1 Å². The van der Waals surface area contributed by atoms with Crippen LogP contribution in [0.5, 0.6) is 5.75 Å². The molecule has 0 radical (unpaired) electrons. The van der Waals surface area contributed by atoms with Crippen LogP contribution in [-0.2, 0) is 0 Å². The normalized spacial score (nSPS) is 9.64. The van der Waals surface area contributed by atoms with Gasteiger partial charge in [0.2, 0.25) is 0 Å². The second kappa shape index (κ2) is 3.93. The molecule has 76 valence electrons. The molecule has 14 heavy (non-hydrogen) atoms. The van der Waals surface area contributed by atoms with E-state index in [0.29, 0.717) is 0 Å². The summed E-state index contributed by atoms with van der Waals surface area (Å²) in [7, 11) is 1.25. The number of carboxylic acids is 1. The third-order valence-electron chi connectivity index (χ3n) is 1.68. The highest BCUT2D eigenvalue weighted by atomic mass is 19.1. The molecule has 0 bridgehead atoms. The molecule has 0 saturated heterocycles. The Morgan fingerprint density at radius 3 is 2.71 bits per heavy atom. The molecule has 0 saturated carbocycles. The van der Waals surface area contributed by atoms with E-state index in [1.165, 1.54) is 7.11 Å². The molecule has 4 N–H and O–H groups in total. The zero-order valence-electron chi connectivity index (χ0n) is 7.37. The van der Waals surface area contributed by atoms with E-state index in [1.807, 2.05) is 0 Å².